The smallest absolute Gasteiger partial charge is 0.308 e. The number of hydrogen-bond donors (Lipinski definition) is 4. The third-order valence-electron chi connectivity index (χ3n) is 4.17. The van der Waals surface area contributed by atoms with Gasteiger partial charge in [-0.25, -0.2) is 9.59 Å². The molecule has 3 aromatic rings. The molecule has 0 bridgehead atoms. The van der Waals surface area contributed by atoms with E-state index in [1.165, 1.54) is 12.1 Å². The third-order valence-corrected chi connectivity index (χ3v) is 4.80. The van der Waals surface area contributed by atoms with Crippen LogP contribution in [0, 0.1) is 13.8 Å². The van der Waals surface area contributed by atoms with E-state index in [4.69, 9.17) is 23.2 Å². The van der Waals surface area contributed by atoms with Gasteiger partial charge in [-0.05, 0) is 50.2 Å². The molecular weight excluding hydrogens is 423 g/mol. The maximum atomic E-state index is 12.2. The molecule has 0 saturated carbocycles. The highest BCUT2D eigenvalue weighted by Gasteiger charge is 2.13. The van der Waals surface area contributed by atoms with Crippen LogP contribution in [-0.2, 0) is 0 Å². The SMILES string of the molecule is Cc1ccc(NC(=O)Nc2cc(Cl)c(NC(=O)Nc3ccc(C)cc3)cc2Cl)cc1. The predicted molar refractivity (Wildman–Crippen MR) is 124 cm³/mol. The molecule has 3 rings (SSSR count). The first-order valence-corrected chi connectivity index (χ1v) is 9.84. The van der Waals surface area contributed by atoms with Gasteiger partial charge >= 0.3 is 12.1 Å². The number of nitrogens with one attached hydrogen (secondary N) is 4. The zero-order chi connectivity index (χ0) is 21.7. The lowest BCUT2D eigenvalue weighted by Gasteiger charge is -2.13. The molecule has 30 heavy (non-hydrogen) atoms. The van der Waals surface area contributed by atoms with Gasteiger partial charge in [0.05, 0.1) is 21.4 Å². The van der Waals surface area contributed by atoms with E-state index in [1.807, 2.05) is 38.1 Å². The molecule has 8 heteroatoms. The molecule has 0 saturated heterocycles. The summed E-state index contributed by atoms with van der Waals surface area (Å²) in [7, 11) is 0. The van der Waals surface area contributed by atoms with Gasteiger partial charge in [0.2, 0.25) is 0 Å². The highest BCUT2D eigenvalue weighted by atomic mass is 35.5. The minimum atomic E-state index is -0.463. The van der Waals surface area contributed by atoms with Crippen molar-refractivity contribution in [1.82, 2.24) is 0 Å². The fourth-order valence-electron chi connectivity index (χ4n) is 2.58. The Kier molecular flexibility index (Phi) is 6.82. The molecule has 0 heterocycles. The molecule has 0 radical (unpaired) electrons. The second-order valence-corrected chi connectivity index (χ2v) is 7.52. The highest BCUT2D eigenvalue weighted by Crippen LogP contribution is 2.33. The van der Waals surface area contributed by atoms with Crippen LogP contribution in [0.25, 0.3) is 0 Å². The molecular formula is C22H20Cl2N4O2. The number of carbonyl (C=O) groups excluding carboxylic acids is 2. The molecule has 0 aliphatic heterocycles. The minimum Gasteiger partial charge on any atom is -0.308 e. The Morgan fingerprint density at radius 2 is 0.933 bits per heavy atom. The van der Waals surface area contributed by atoms with Crippen molar-refractivity contribution >= 4 is 58.0 Å². The van der Waals surface area contributed by atoms with Gasteiger partial charge in [-0.15, -0.1) is 0 Å². The predicted octanol–water partition coefficient (Wildman–Crippen LogP) is 6.90. The van der Waals surface area contributed by atoms with Gasteiger partial charge in [0.25, 0.3) is 0 Å². The topological polar surface area (TPSA) is 82.3 Å². The Morgan fingerprint density at radius 1 is 0.600 bits per heavy atom. The van der Waals surface area contributed by atoms with Gasteiger partial charge in [0, 0.05) is 11.4 Å². The van der Waals surface area contributed by atoms with E-state index in [-0.39, 0.29) is 10.0 Å². The summed E-state index contributed by atoms with van der Waals surface area (Å²) in [6, 6.07) is 16.8. The minimum absolute atomic E-state index is 0.226. The maximum absolute atomic E-state index is 12.2. The monoisotopic (exact) mass is 442 g/mol. The van der Waals surface area contributed by atoms with Crippen molar-refractivity contribution < 1.29 is 9.59 Å². The van der Waals surface area contributed by atoms with Gasteiger partial charge in [0.1, 0.15) is 0 Å². The Morgan fingerprint density at radius 3 is 1.27 bits per heavy atom. The van der Waals surface area contributed by atoms with Crippen molar-refractivity contribution in [3.63, 3.8) is 0 Å². The standard InChI is InChI=1S/C22H20Cl2N4O2/c1-13-3-7-15(8-4-13)25-21(29)27-19-11-18(24)20(12-17(19)23)28-22(30)26-16-9-5-14(2)6-10-16/h3-12H,1-2H3,(H2,25,27,29)(H2,26,28,30). The van der Waals surface area contributed by atoms with Gasteiger partial charge in [-0.3, -0.25) is 0 Å². The second kappa shape index (κ2) is 9.52. The molecule has 0 aliphatic rings. The summed E-state index contributed by atoms with van der Waals surface area (Å²) in [5.41, 5.74) is 4.10. The number of amides is 4. The highest BCUT2D eigenvalue weighted by molar-refractivity contribution is 6.38. The summed E-state index contributed by atoms with van der Waals surface area (Å²) >= 11 is 12.5. The summed E-state index contributed by atoms with van der Waals surface area (Å²) in [5, 5.41) is 11.2. The van der Waals surface area contributed by atoms with Crippen LogP contribution in [0.15, 0.2) is 60.7 Å². The molecule has 0 spiro atoms. The number of urea groups is 2. The van der Waals surface area contributed by atoms with Crippen molar-refractivity contribution in [2.45, 2.75) is 13.8 Å². The molecule has 3 aromatic carbocycles. The zero-order valence-corrected chi connectivity index (χ0v) is 17.9. The van der Waals surface area contributed by atoms with E-state index in [0.717, 1.165) is 11.1 Å². The van der Waals surface area contributed by atoms with Crippen LogP contribution >= 0.6 is 23.2 Å². The number of anilines is 4. The molecule has 0 aromatic heterocycles. The average molecular weight is 443 g/mol. The quantitative estimate of drug-likeness (QED) is 0.354. The number of benzene rings is 3. The van der Waals surface area contributed by atoms with E-state index in [2.05, 4.69) is 21.3 Å². The van der Waals surface area contributed by atoms with Crippen molar-refractivity contribution in [3.8, 4) is 0 Å². The van der Waals surface area contributed by atoms with Crippen LogP contribution in [0.5, 0.6) is 0 Å². The molecule has 0 aliphatic carbocycles. The number of aryl methyl sites for hydroxylation is 2. The van der Waals surface area contributed by atoms with E-state index < -0.39 is 12.1 Å². The number of rotatable bonds is 4. The third kappa shape index (κ3) is 5.89. The lowest BCUT2D eigenvalue weighted by Crippen LogP contribution is -2.21. The lowest BCUT2D eigenvalue weighted by molar-refractivity contribution is 0.261. The molecule has 4 N–H and O–H groups in total. The van der Waals surface area contributed by atoms with Crippen LogP contribution < -0.4 is 21.3 Å². The van der Waals surface area contributed by atoms with Crippen LogP contribution in [0.4, 0.5) is 32.3 Å². The summed E-state index contributed by atoms with van der Waals surface area (Å²) in [6.07, 6.45) is 0. The van der Waals surface area contributed by atoms with Crippen molar-refractivity contribution in [1.29, 1.82) is 0 Å². The Balaban J connectivity index is 1.64. The van der Waals surface area contributed by atoms with Crippen LogP contribution in [0.1, 0.15) is 11.1 Å². The summed E-state index contributed by atoms with van der Waals surface area (Å²) in [4.78, 5) is 24.4. The van der Waals surface area contributed by atoms with Crippen LogP contribution in [0.2, 0.25) is 10.0 Å². The van der Waals surface area contributed by atoms with E-state index in [1.54, 1.807) is 24.3 Å². The van der Waals surface area contributed by atoms with E-state index in [0.29, 0.717) is 22.7 Å². The second-order valence-electron chi connectivity index (χ2n) is 6.70. The Bertz CT molecular complexity index is 980. The van der Waals surface area contributed by atoms with Crippen LogP contribution in [-0.4, -0.2) is 12.1 Å². The zero-order valence-electron chi connectivity index (χ0n) is 16.3. The number of carbonyl (C=O) groups is 2. The van der Waals surface area contributed by atoms with Crippen molar-refractivity contribution in [2.75, 3.05) is 21.3 Å². The molecule has 6 nitrogen and oxygen atoms in total. The van der Waals surface area contributed by atoms with Gasteiger partial charge in [-0.2, -0.15) is 0 Å². The molecule has 0 fully saturated rings. The van der Waals surface area contributed by atoms with Gasteiger partial charge in [-0.1, -0.05) is 58.6 Å². The normalized spacial score (nSPS) is 10.3. The summed E-state index contributed by atoms with van der Waals surface area (Å²) in [5.74, 6) is 0. The molecule has 0 atom stereocenters. The summed E-state index contributed by atoms with van der Waals surface area (Å²) in [6.45, 7) is 3.92. The lowest BCUT2D eigenvalue weighted by atomic mass is 10.2. The van der Waals surface area contributed by atoms with Crippen LogP contribution in [0.3, 0.4) is 0 Å². The Labute approximate surface area is 184 Å². The largest absolute Gasteiger partial charge is 0.323 e. The maximum Gasteiger partial charge on any atom is 0.323 e. The van der Waals surface area contributed by atoms with E-state index >= 15 is 0 Å². The number of halogens is 2. The first-order chi connectivity index (χ1) is 14.3. The molecule has 154 valence electrons. The van der Waals surface area contributed by atoms with Gasteiger partial charge in [0.15, 0.2) is 0 Å². The first-order valence-electron chi connectivity index (χ1n) is 9.08. The Hall–Kier alpha value is -3.22. The van der Waals surface area contributed by atoms with E-state index in [9.17, 15) is 9.59 Å². The average Bonchev–Trinajstić information content (AvgIpc) is 2.69. The molecule has 4 amide bonds. The van der Waals surface area contributed by atoms with Gasteiger partial charge < -0.3 is 21.3 Å². The van der Waals surface area contributed by atoms with Crippen molar-refractivity contribution in [3.05, 3.63) is 81.8 Å². The fourth-order valence-corrected chi connectivity index (χ4v) is 3.00. The number of hydrogen-bond acceptors (Lipinski definition) is 2. The fraction of sp³-hybridized carbons (Fsp3) is 0.0909. The first kappa shape index (κ1) is 21.5. The molecule has 0 unspecified atom stereocenters. The van der Waals surface area contributed by atoms with Crippen molar-refractivity contribution in [2.24, 2.45) is 0 Å². The summed E-state index contributed by atoms with van der Waals surface area (Å²) < 4.78 is 0.